The number of furan rings is 1. The summed E-state index contributed by atoms with van der Waals surface area (Å²) in [5.74, 6) is 1.95. The number of hydrogen-bond donors (Lipinski definition) is 0. The third-order valence-corrected chi connectivity index (χ3v) is 11.7. The molecule has 4 nitrogen and oxygen atoms in total. The van der Waals surface area contributed by atoms with E-state index in [1.54, 1.807) is 0 Å². The Morgan fingerprint density at radius 3 is 1.57 bits per heavy atom. The van der Waals surface area contributed by atoms with Gasteiger partial charge in [-0.15, -0.1) is 11.3 Å². The van der Waals surface area contributed by atoms with Gasteiger partial charge in [-0.1, -0.05) is 158 Å². The standard InChI is InChI=1S/C51H31N3OS/c1-3-14-32(15-4-1)49-52-50(33-16-5-2-6-17-33)54-51(53-49)36-19-11-18-34(30-36)35-28-29-42-46(31-35)56-45-27-13-24-40(48(42)45)38-21-8-7-20-37(38)39-23-12-26-44-47(39)41-22-9-10-25-43(41)55-44/h1-31H. The van der Waals surface area contributed by atoms with Crippen molar-refractivity contribution in [3.63, 3.8) is 0 Å². The van der Waals surface area contributed by atoms with E-state index in [1.165, 1.54) is 42.4 Å². The SMILES string of the molecule is c1ccc(-c2nc(-c3ccccc3)nc(-c3cccc(-c4ccc5c(c4)sc4cccc(-c6ccccc6-c6cccc7oc8ccccc8c67)c45)c3)n2)cc1. The summed E-state index contributed by atoms with van der Waals surface area (Å²) in [6.07, 6.45) is 0. The molecule has 0 radical (unpaired) electrons. The highest BCUT2D eigenvalue weighted by atomic mass is 32.1. The normalized spacial score (nSPS) is 11.6. The summed E-state index contributed by atoms with van der Waals surface area (Å²) in [4.78, 5) is 14.9. The van der Waals surface area contributed by atoms with Crippen LogP contribution >= 0.6 is 11.3 Å². The summed E-state index contributed by atoms with van der Waals surface area (Å²) in [7, 11) is 0. The second-order valence-corrected chi connectivity index (χ2v) is 15.0. The molecule has 0 saturated carbocycles. The number of nitrogens with zero attached hydrogens (tertiary/aromatic N) is 3. The number of fused-ring (bicyclic) bond motifs is 6. The summed E-state index contributed by atoms with van der Waals surface area (Å²) in [5, 5.41) is 4.80. The van der Waals surface area contributed by atoms with Crippen LogP contribution in [0.2, 0.25) is 0 Å². The van der Waals surface area contributed by atoms with Crippen LogP contribution < -0.4 is 0 Å². The third-order valence-electron chi connectivity index (χ3n) is 10.6. The molecule has 0 aliphatic carbocycles. The predicted molar refractivity (Wildman–Crippen MR) is 233 cm³/mol. The molecule has 0 aliphatic heterocycles. The number of rotatable bonds is 6. The number of thiophene rings is 1. The van der Waals surface area contributed by atoms with Crippen molar-refractivity contribution in [2.24, 2.45) is 0 Å². The Balaban J connectivity index is 1.02. The first-order valence-electron chi connectivity index (χ1n) is 18.7. The maximum absolute atomic E-state index is 6.29. The van der Waals surface area contributed by atoms with Crippen molar-refractivity contribution in [1.82, 2.24) is 15.0 Å². The van der Waals surface area contributed by atoms with E-state index < -0.39 is 0 Å². The zero-order chi connectivity index (χ0) is 37.0. The van der Waals surface area contributed by atoms with Crippen LogP contribution in [-0.2, 0) is 0 Å². The van der Waals surface area contributed by atoms with Crippen molar-refractivity contribution >= 4 is 53.4 Å². The molecule has 0 N–H and O–H groups in total. The van der Waals surface area contributed by atoms with Gasteiger partial charge in [-0.2, -0.15) is 0 Å². The lowest BCUT2D eigenvalue weighted by atomic mass is 9.90. The molecule has 0 atom stereocenters. The second-order valence-electron chi connectivity index (χ2n) is 13.9. The summed E-state index contributed by atoms with van der Waals surface area (Å²) in [6.45, 7) is 0. The highest BCUT2D eigenvalue weighted by molar-refractivity contribution is 7.26. The van der Waals surface area contributed by atoms with Gasteiger partial charge in [-0.25, -0.2) is 15.0 Å². The van der Waals surface area contributed by atoms with E-state index in [9.17, 15) is 0 Å². The van der Waals surface area contributed by atoms with E-state index in [-0.39, 0.29) is 0 Å². The Bertz CT molecular complexity index is 3200. The van der Waals surface area contributed by atoms with Crippen molar-refractivity contribution in [2.45, 2.75) is 0 Å². The number of benzene rings is 8. The monoisotopic (exact) mass is 733 g/mol. The fourth-order valence-electron chi connectivity index (χ4n) is 7.96. The molecule has 262 valence electrons. The summed E-state index contributed by atoms with van der Waals surface area (Å²) >= 11 is 1.84. The van der Waals surface area contributed by atoms with E-state index in [0.717, 1.165) is 49.8 Å². The highest BCUT2D eigenvalue weighted by Crippen LogP contribution is 2.46. The molecule has 11 rings (SSSR count). The molecule has 8 aromatic carbocycles. The minimum Gasteiger partial charge on any atom is -0.456 e. The first kappa shape index (κ1) is 32.2. The van der Waals surface area contributed by atoms with Crippen LogP contribution in [0.5, 0.6) is 0 Å². The van der Waals surface area contributed by atoms with Gasteiger partial charge >= 0.3 is 0 Å². The molecule has 5 heteroatoms. The quantitative estimate of drug-likeness (QED) is 0.171. The Morgan fingerprint density at radius 2 is 0.839 bits per heavy atom. The molecule has 0 saturated heterocycles. The van der Waals surface area contributed by atoms with Crippen molar-refractivity contribution in [1.29, 1.82) is 0 Å². The van der Waals surface area contributed by atoms with Gasteiger partial charge in [-0.3, -0.25) is 0 Å². The van der Waals surface area contributed by atoms with Crippen LogP contribution in [0.4, 0.5) is 0 Å². The molecule has 0 unspecified atom stereocenters. The second kappa shape index (κ2) is 13.3. The molecule has 11 aromatic rings. The molecule has 3 aromatic heterocycles. The molecule has 0 fully saturated rings. The van der Waals surface area contributed by atoms with E-state index >= 15 is 0 Å². The molecular formula is C51H31N3OS. The zero-order valence-corrected chi connectivity index (χ0v) is 30.9. The number of para-hydroxylation sites is 1. The lowest BCUT2D eigenvalue weighted by molar-refractivity contribution is 0.669. The minimum atomic E-state index is 0.643. The Kier molecular flexibility index (Phi) is 7.64. The summed E-state index contributed by atoms with van der Waals surface area (Å²) in [5.41, 5.74) is 11.7. The Labute approximate surface area is 327 Å². The first-order valence-corrected chi connectivity index (χ1v) is 19.5. The van der Waals surface area contributed by atoms with Crippen LogP contribution in [0.25, 0.3) is 110 Å². The topological polar surface area (TPSA) is 51.8 Å². The van der Waals surface area contributed by atoms with Gasteiger partial charge in [0.2, 0.25) is 0 Å². The van der Waals surface area contributed by atoms with Crippen LogP contribution in [-0.4, -0.2) is 15.0 Å². The van der Waals surface area contributed by atoms with Gasteiger partial charge in [0, 0.05) is 47.6 Å². The maximum Gasteiger partial charge on any atom is 0.164 e. The molecule has 56 heavy (non-hydrogen) atoms. The maximum atomic E-state index is 6.29. The Morgan fingerprint density at radius 1 is 0.321 bits per heavy atom. The molecule has 0 aliphatic rings. The largest absolute Gasteiger partial charge is 0.456 e. The predicted octanol–water partition coefficient (Wildman–Crippen LogP) is 14.1. The molecule has 0 amide bonds. The zero-order valence-electron chi connectivity index (χ0n) is 30.1. The highest BCUT2D eigenvalue weighted by Gasteiger charge is 2.19. The van der Waals surface area contributed by atoms with Gasteiger partial charge in [0.1, 0.15) is 11.2 Å². The first-order chi connectivity index (χ1) is 27.7. The van der Waals surface area contributed by atoms with Gasteiger partial charge in [-0.05, 0) is 63.7 Å². The van der Waals surface area contributed by atoms with E-state index in [0.29, 0.717) is 17.5 Å². The van der Waals surface area contributed by atoms with Crippen molar-refractivity contribution < 1.29 is 4.42 Å². The lowest BCUT2D eigenvalue weighted by Crippen LogP contribution is -2.00. The molecular weight excluding hydrogens is 703 g/mol. The van der Waals surface area contributed by atoms with Gasteiger partial charge in [0.25, 0.3) is 0 Å². The smallest absolute Gasteiger partial charge is 0.164 e. The van der Waals surface area contributed by atoms with Crippen LogP contribution in [0.15, 0.2) is 192 Å². The van der Waals surface area contributed by atoms with E-state index in [1.807, 2.05) is 84.1 Å². The average molecular weight is 734 g/mol. The summed E-state index contributed by atoms with van der Waals surface area (Å²) in [6, 6.07) is 65.7. The lowest BCUT2D eigenvalue weighted by Gasteiger charge is -2.13. The van der Waals surface area contributed by atoms with Gasteiger partial charge in [0.05, 0.1) is 0 Å². The van der Waals surface area contributed by atoms with E-state index in [2.05, 4.69) is 115 Å². The summed E-state index contributed by atoms with van der Waals surface area (Å²) < 4.78 is 8.80. The number of hydrogen-bond acceptors (Lipinski definition) is 5. The third kappa shape index (κ3) is 5.48. The average Bonchev–Trinajstić information content (AvgIpc) is 3.85. The molecule has 0 spiro atoms. The Hall–Kier alpha value is -7.21. The fraction of sp³-hybridized carbons (Fsp3) is 0. The van der Waals surface area contributed by atoms with Crippen molar-refractivity contribution in [3.05, 3.63) is 188 Å². The van der Waals surface area contributed by atoms with Crippen molar-refractivity contribution in [3.8, 4) is 67.5 Å². The van der Waals surface area contributed by atoms with E-state index in [4.69, 9.17) is 19.4 Å². The fourth-order valence-corrected chi connectivity index (χ4v) is 9.13. The van der Waals surface area contributed by atoms with Gasteiger partial charge < -0.3 is 4.42 Å². The molecule has 3 heterocycles. The minimum absolute atomic E-state index is 0.643. The van der Waals surface area contributed by atoms with Gasteiger partial charge in [0.15, 0.2) is 17.5 Å². The molecule has 0 bridgehead atoms. The van der Waals surface area contributed by atoms with Crippen molar-refractivity contribution in [2.75, 3.05) is 0 Å². The van der Waals surface area contributed by atoms with Crippen LogP contribution in [0, 0.1) is 0 Å². The van der Waals surface area contributed by atoms with Crippen LogP contribution in [0.3, 0.4) is 0 Å². The number of aromatic nitrogens is 3. The van der Waals surface area contributed by atoms with Crippen LogP contribution in [0.1, 0.15) is 0 Å².